The van der Waals surface area contributed by atoms with E-state index in [2.05, 4.69) is 20.0 Å². The van der Waals surface area contributed by atoms with E-state index in [1.165, 1.54) is 0 Å². The van der Waals surface area contributed by atoms with E-state index >= 15 is 0 Å². The van der Waals surface area contributed by atoms with Gasteiger partial charge in [0.15, 0.2) is 0 Å². The van der Waals surface area contributed by atoms with Crippen molar-refractivity contribution in [2.24, 2.45) is 12.8 Å². The van der Waals surface area contributed by atoms with E-state index in [-0.39, 0.29) is 24.6 Å². The fourth-order valence-corrected chi connectivity index (χ4v) is 4.39. The first-order valence-electron chi connectivity index (χ1n) is 11.4. The first-order chi connectivity index (χ1) is 17.1. The van der Waals surface area contributed by atoms with Crippen molar-refractivity contribution < 1.29 is 4.74 Å². The molecule has 5 aromatic heterocycles. The average molecular weight is 501 g/mol. The number of hydrogen-bond acceptors (Lipinski definition) is 8. The van der Waals surface area contributed by atoms with Gasteiger partial charge in [-0.3, -0.25) is 9.67 Å². The van der Waals surface area contributed by atoms with Gasteiger partial charge in [0.25, 0.3) is 0 Å². The van der Waals surface area contributed by atoms with Gasteiger partial charge in [0.05, 0.1) is 35.7 Å². The van der Waals surface area contributed by atoms with Gasteiger partial charge in [-0.2, -0.15) is 5.10 Å². The molecule has 0 unspecified atom stereocenters. The molecule has 0 spiro atoms. The highest BCUT2D eigenvalue weighted by Gasteiger charge is 2.33. The normalized spacial score (nSPS) is 17.2. The molecule has 0 amide bonds. The zero-order chi connectivity index (χ0) is 23.8. The summed E-state index contributed by atoms with van der Waals surface area (Å²) in [4.78, 5) is 20.7. The number of rotatable bonds is 5. The number of nitrogens with two attached hydrogens (primary N) is 1. The van der Waals surface area contributed by atoms with Crippen LogP contribution in [0.1, 0.15) is 0 Å². The molecule has 0 bridgehead atoms. The lowest BCUT2D eigenvalue weighted by molar-refractivity contribution is 0.198. The summed E-state index contributed by atoms with van der Waals surface area (Å²) in [7, 11) is 1.89. The van der Waals surface area contributed by atoms with Gasteiger partial charge in [0.2, 0.25) is 5.88 Å². The molecule has 0 aromatic carbocycles. The molecule has 182 valence electrons. The van der Waals surface area contributed by atoms with Crippen LogP contribution in [0.5, 0.6) is 5.88 Å². The summed E-state index contributed by atoms with van der Waals surface area (Å²) in [5, 5.41) is 5.26. The first-order valence-corrected chi connectivity index (χ1v) is 11.4. The SMILES string of the molecule is Cl.Cn1cc(-c2cc3ncccc3c(-c3ccc(N4C[C@H](Oc5ccccn5)[C@@H](N)C4)nc3)n2)cn1. The summed E-state index contributed by atoms with van der Waals surface area (Å²) in [6, 6.07) is 15.5. The van der Waals surface area contributed by atoms with Crippen LogP contribution in [0.2, 0.25) is 0 Å². The van der Waals surface area contributed by atoms with E-state index in [1.807, 2.05) is 74.2 Å². The van der Waals surface area contributed by atoms with Crippen LogP contribution in [0.3, 0.4) is 0 Å². The van der Waals surface area contributed by atoms with Crippen LogP contribution in [0, 0.1) is 0 Å². The second kappa shape index (κ2) is 9.88. The average Bonchev–Trinajstić information content (AvgIpc) is 3.49. The Morgan fingerprint density at radius 1 is 0.944 bits per heavy atom. The van der Waals surface area contributed by atoms with E-state index in [9.17, 15) is 0 Å². The largest absolute Gasteiger partial charge is 0.471 e. The summed E-state index contributed by atoms with van der Waals surface area (Å²) in [5.74, 6) is 1.43. The van der Waals surface area contributed by atoms with E-state index in [4.69, 9.17) is 20.4 Å². The van der Waals surface area contributed by atoms with Gasteiger partial charge in [-0.25, -0.2) is 15.0 Å². The molecular weight excluding hydrogens is 476 g/mol. The first kappa shape index (κ1) is 23.7. The Bertz CT molecular complexity index is 1470. The molecule has 6 heterocycles. The van der Waals surface area contributed by atoms with Gasteiger partial charge in [-0.15, -0.1) is 12.4 Å². The number of aryl methyl sites for hydroxylation is 1. The summed E-state index contributed by atoms with van der Waals surface area (Å²) in [6.45, 7) is 1.30. The predicted molar refractivity (Wildman–Crippen MR) is 141 cm³/mol. The number of hydrogen-bond donors (Lipinski definition) is 1. The summed E-state index contributed by atoms with van der Waals surface area (Å²) < 4.78 is 7.77. The standard InChI is InChI=1S/C26H24N8O.ClH/c1-33-14-18(13-31-33)21-11-22-19(5-4-10-28-22)26(32-21)17-7-8-24(30-12-17)34-15-20(27)23(16-34)35-25-6-2-3-9-29-25;/h2-14,20,23H,15-16,27H2,1H3;1H/t20-,23-;/m0./s1. The van der Waals surface area contributed by atoms with Crippen molar-refractivity contribution in [2.45, 2.75) is 12.1 Å². The predicted octanol–water partition coefficient (Wildman–Crippen LogP) is 3.50. The van der Waals surface area contributed by atoms with Crippen molar-refractivity contribution in [3.63, 3.8) is 0 Å². The van der Waals surface area contributed by atoms with Crippen LogP contribution in [-0.4, -0.2) is 55.0 Å². The molecule has 6 rings (SSSR count). The number of aromatic nitrogens is 6. The summed E-state index contributed by atoms with van der Waals surface area (Å²) in [5.41, 5.74) is 10.8. The van der Waals surface area contributed by atoms with Crippen LogP contribution in [-0.2, 0) is 7.05 Å². The molecule has 0 saturated carbocycles. The van der Waals surface area contributed by atoms with E-state index in [0.29, 0.717) is 19.0 Å². The third kappa shape index (κ3) is 4.58. The van der Waals surface area contributed by atoms with Crippen molar-refractivity contribution >= 4 is 29.1 Å². The van der Waals surface area contributed by atoms with Gasteiger partial charge < -0.3 is 15.4 Å². The van der Waals surface area contributed by atoms with Crippen LogP contribution in [0.4, 0.5) is 5.82 Å². The third-order valence-corrected chi connectivity index (χ3v) is 6.16. The van der Waals surface area contributed by atoms with Crippen LogP contribution in [0.25, 0.3) is 33.4 Å². The molecule has 2 N–H and O–H groups in total. The lowest BCUT2D eigenvalue weighted by Gasteiger charge is -2.18. The number of fused-ring (bicyclic) bond motifs is 1. The molecule has 2 atom stereocenters. The molecule has 10 heteroatoms. The Balaban J connectivity index is 0.00000267. The molecule has 5 aromatic rings. The second-order valence-electron chi connectivity index (χ2n) is 8.63. The molecule has 0 aliphatic carbocycles. The molecule has 9 nitrogen and oxygen atoms in total. The Morgan fingerprint density at radius 3 is 2.58 bits per heavy atom. The van der Waals surface area contributed by atoms with Crippen molar-refractivity contribution in [1.82, 2.24) is 29.7 Å². The van der Waals surface area contributed by atoms with Crippen LogP contribution < -0.4 is 15.4 Å². The Morgan fingerprint density at radius 2 is 1.83 bits per heavy atom. The lowest BCUT2D eigenvalue weighted by atomic mass is 10.1. The maximum Gasteiger partial charge on any atom is 0.213 e. The molecule has 1 saturated heterocycles. The number of ether oxygens (including phenoxy) is 1. The highest BCUT2D eigenvalue weighted by molar-refractivity contribution is 5.94. The summed E-state index contributed by atoms with van der Waals surface area (Å²) in [6.07, 6.45) is 8.96. The Kier molecular flexibility index (Phi) is 6.49. The lowest BCUT2D eigenvalue weighted by Crippen LogP contribution is -2.37. The second-order valence-corrected chi connectivity index (χ2v) is 8.63. The summed E-state index contributed by atoms with van der Waals surface area (Å²) >= 11 is 0. The van der Waals surface area contributed by atoms with Crippen molar-refractivity contribution in [3.8, 4) is 28.4 Å². The molecular formula is C26H25ClN8O. The maximum atomic E-state index is 6.37. The van der Waals surface area contributed by atoms with Crippen LogP contribution in [0.15, 0.2) is 79.5 Å². The monoisotopic (exact) mass is 500 g/mol. The highest BCUT2D eigenvalue weighted by atomic mass is 35.5. The van der Waals surface area contributed by atoms with Gasteiger partial charge in [-0.1, -0.05) is 6.07 Å². The Labute approximate surface area is 214 Å². The van der Waals surface area contributed by atoms with Gasteiger partial charge in [-0.05, 0) is 36.4 Å². The molecule has 1 aliphatic rings. The topological polar surface area (TPSA) is 108 Å². The minimum absolute atomic E-state index is 0. The van der Waals surface area contributed by atoms with Crippen molar-refractivity contribution in [3.05, 3.63) is 79.5 Å². The van der Waals surface area contributed by atoms with E-state index in [0.717, 1.165) is 39.2 Å². The number of nitrogens with zero attached hydrogens (tertiary/aromatic N) is 7. The Hall–Kier alpha value is -4.08. The highest BCUT2D eigenvalue weighted by Crippen LogP contribution is 2.31. The fourth-order valence-electron chi connectivity index (χ4n) is 4.39. The zero-order valence-corrected chi connectivity index (χ0v) is 20.4. The zero-order valence-electron chi connectivity index (χ0n) is 19.6. The number of halogens is 1. The van der Waals surface area contributed by atoms with Crippen LogP contribution >= 0.6 is 12.4 Å². The molecule has 1 aliphatic heterocycles. The fraction of sp³-hybridized carbons (Fsp3) is 0.192. The number of pyridine rings is 4. The van der Waals surface area contributed by atoms with Crippen molar-refractivity contribution in [2.75, 3.05) is 18.0 Å². The minimum Gasteiger partial charge on any atom is -0.471 e. The minimum atomic E-state index is -0.153. The van der Waals surface area contributed by atoms with Crippen molar-refractivity contribution in [1.29, 1.82) is 0 Å². The molecule has 0 radical (unpaired) electrons. The molecule has 1 fully saturated rings. The van der Waals surface area contributed by atoms with Gasteiger partial charge in [0, 0.05) is 61.0 Å². The quantitative estimate of drug-likeness (QED) is 0.390. The maximum absolute atomic E-state index is 6.37. The van der Waals surface area contributed by atoms with E-state index < -0.39 is 0 Å². The smallest absolute Gasteiger partial charge is 0.213 e. The number of anilines is 1. The molecule has 36 heavy (non-hydrogen) atoms. The van der Waals surface area contributed by atoms with Gasteiger partial charge in [0.1, 0.15) is 11.9 Å². The van der Waals surface area contributed by atoms with E-state index in [1.54, 1.807) is 17.1 Å². The third-order valence-electron chi connectivity index (χ3n) is 6.16. The van der Waals surface area contributed by atoms with Gasteiger partial charge >= 0.3 is 0 Å².